The average Bonchev–Trinajstić information content (AvgIpc) is 3.44. The SMILES string of the molecule is CN1CCCC1CCc1nc(-c2cccnc2)nn1-c1nc2ccccc2[nH]1. The maximum atomic E-state index is 4.85. The molecule has 4 heterocycles. The highest BCUT2D eigenvalue weighted by Crippen LogP contribution is 2.23. The standard InChI is InChI=1S/C21H23N7/c1-27-13-5-7-16(27)10-11-19-25-20(15-6-4-12-22-14-15)26-28(19)21-23-17-8-2-3-9-18(17)24-21/h2-4,6,8-9,12,14,16H,5,7,10-11,13H2,1H3,(H,23,24). The minimum absolute atomic E-state index is 0.614. The number of H-pyrrole nitrogens is 1. The van der Waals surface area contributed by atoms with Gasteiger partial charge in [0.05, 0.1) is 11.0 Å². The molecule has 1 aromatic carbocycles. The van der Waals surface area contributed by atoms with Crippen LogP contribution in [0.2, 0.25) is 0 Å². The van der Waals surface area contributed by atoms with E-state index in [1.54, 1.807) is 12.4 Å². The minimum atomic E-state index is 0.614. The lowest BCUT2D eigenvalue weighted by Crippen LogP contribution is -2.25. The number of fused-ring (bicyclic) bond motifs is 1. The van der Waals surface area contributed by atoms with Crippen LogP contribution in [0.5, 0.6) is 0 Å². The van der Waals surface area contributed by atoms with Gasteiger partial charge in [0.15, 0.2) is 5.82 Å². The smallest absolute Gasteiger partial charge is 0.230 e. The van der Waals surface area contributed by atoms with Crippen molar-refractivity contribution < 1.29 is 0 Å². The van der Waals surface area contributed by atoms with Crippen molar-refractivity contribution in [2.24, 2.45) is 0 Å². The molecule has 0 bridgehead atoms. The first-order chi connectivity index (χ1) is 13.8. The zero-order valence-corrected chi connectivity index (χ0v) is 15.9. The molecule has 0 spiro atoms. The molecule has 1 atom stereocenters. The molecule has 1 aliphatic rings. The normalized spacial score (nSPS) is 17.5. The number of para-hydroxylation sites is 2. The van der Waals surface area contributed by atoms with Crippen molar-refractivity contribution in [2.45, 2.75) is 31.7 Å². The highest BCUT2D eigenvalue weighted by molar-refractivity contribution is 5.76. The highest BCUT2D eigenvalue weighted by atomic mass is 15.4. The van der Waals surface area contributed by atoms with E-state index in [1.807, 2.05) is 41.1 Å². The molecule has 7 heteroatoms. The summed E-state index contributed by atoms with van der Waals surface area (Å²) in [4.78, 5) is 19.6. The van der Waals surface area contributed by atoms with E-state index in [4.69, 9.17) is 15.1 Å². The van der Waals surface area contributed by atoms with Gasteiger partial charge in [-0.15, -0.1) is 5.10 Å². The number of hydrogen-bond acceptors (Lipinski definition) is 5. The van der Waals surface area contributed by atoms with Crippen molar-refractivity contribution >= 4 is 11.0 Å². The molecule has 4 aromatic rings. The Kier molecular flexibility index (Phi) is 4.37. The lowest BCUT2D eigenvalue weighted by atomic mass is 10.1. The van der Waals surface area contributed by atoms with Crippen molar-refractivity contribution in [3.05, 3.63) is 54.6 Å². The number of rotatable bonds is 5. The topological polar surface area (TPSA) is 75.5 Å². The minimum Gasteiger partial charge on any atom is -0.322 e. The zero-order chi connectivity index (χ0) is 18.9. The maximum absolute atomic E-state index is 4.85. The Morgan fingerprint density at radius 1 is 1.14 bits per heavy atom. The number of aromatic amines is 1. The van der Waals surface area contributed by atoms with Crippen LogP contribution in [0.1, 0.15) is 25.1 Å². The number of pyridine rings is 1. The van der Waals surface area contributed by atoms with Crippen molar-refractivity contribution in [2.75, 3.05) is 13.6 Å². The Morgan fingerprint density at radius 2 is 2.07 bits per heavy atom. The molecule has 5 rings (SSSR count). The molecule has 142 valence electrons. The second-order valence-electron chi connectivity index (χ2n) is 7.40. The molecular weight excluding hydrogens is 350 g/mol. The molecule has 1 saturated heterocycles. The lowest BCUT2D eigenvalue weighted by molar-refractivity contribution is 0.295. The fourth-order valence-electron chi connectivity index (χ4n) is 3.97. The molecule has 28 heavy (non-hydrogen) atoms. The van der Waals surface area contributed by atoms with E-state index in [0.717, 1.165) is 35.3 Å². The van der Waals surface area contributed by atoms with Gasteiger partial charge in [0, 0.05) is 30.4 Å². The summed E-state index contributed by atoms with van der Waals surface area (Å²) in [6.45, 7) is 1.18. The Balaban J connectivity index is 1.52. The van der Waals surface area contributed by atoms with Crippen molar-refractivity contribution in [3.8, 4) is 17.3 Å². The molecule has 1 fully saturated rings. The van der Waals surface area contributed by atoms with Gasteiger partial charge in [0.25, 0.3) is 0 Å². The average molecular weight is 373 g/mol. The quantitative estimate of drug-likeness (QED) is 0.581. The maximum Gasteiger partial charge on any atom is 0.230 e. The highest BCUT2D eigenvalue weighted by Gasteiger charge is 2.23. The molecule has 3 aromatic heterocycles. The van der Waals surface area contributed by atoms with Gasteiger partial charge in [-0.1, -0.05) is 12.1 Å². The molecule has 1 N–H and O–H groups in total. The second-order valence-corrected chi connectivity index (χ2v) is 7.40. The molecule has 0 aliphatic carbocycles. The molecule has 0 radical (unpaired) electrons. The van der Waals surface area contributed by atoms with Crippen LogP contribution >= 0.6 is 0 Å². The monoisotopic (exact) mass is 373 g/mol. The summed E-state index contributed by atoms with van der Waals surface area (Å²) < 4.78 is 1.86. The van der Waals surface area contributed by atoms with Gasteiger partial charge >= 0.3 is 0 Å². The van der Waals surface area contributed by atoms with E-state index in [1.165, 1.54) is 19.4 Å². The Morgan fingerprint density at radius 3 is 2.86 bits per heavy atom. The van der Waals surface area contributed by atoms with Crippen molar-refractivity contribution in [3.63, 3.8) is 0 Å². The third-order valence-electron chi connectivity index (χ3n) is 5.54. The van der Waals surface area contributed by atoms with Gasteiger partial charge in [0.1, 0.15) is 5.82 Å². The summed E-state index contributed by atoms with van der Waals surface area (Å²) in [5.74, 6) is 2.32. The van der Waals surface area contributed by atoms with E-state index in [0.29, 0.717) is 17.8 Å². The van der Waals surface area contributed by atoms with Crippen molar-refractivity contribution in [1.29, 1.82) is 0 Å². The van der Waals surface area contributed by atoms with Gasteiger partial charge in [-0.2, -0.15) is 4.68 Å². The predicted octanol–water partition coefficient (Wildman–Crippen LogP) is 3.23. The molecule has 0 amide bonds. The van der Waals surface area contributed by atoms with E-state index < -0.39 is 0 Å². The summed E-state index contributed by atoms with van der Waals surface area (Å²) in [6, 6.07) is 12.5. The number of benzene rings is 1. The van der Waals surface area contributed by atoms with Gasteiger partial charge < -0.3 is 9.88 Å². The van der Waals surface area contributed by atoms with Gasteiger partial charge in [-0.05, 0) is 57.1 Å². The first-order valence-corrected chi connectivity index (χ1v) is 9.79. The van der Waals surface area contributed by atoms with Crippen LogP contribution in [0.3, 0.4) is 0 Å². The number of aryl methyl sites for hydroxylation is 1. The van der Waals surface area contributed by atoms with Gasteiger partial charge in [-0.25, -0.2) is 9.97 Å². The number of hydrogen-bond donors (Lipinski definition) is 1. The van der Waals surface area contributed by atoms with E-state index in [-0.39, 0.29) is 0 Å². The molecule has 1 unspecified atom stereocenters. The number of aromatic nitrogens is 6. The third-order valence-corrected chi connectivity index (χ3v) is 5.54. The summed E-state index contributed by atoms with van der Waals surface area (Å²) in [5, 5.41) is 4.77. The third kappa shape index (κ3) is 3.18. The molecule has 1 aliphatic heterocycles. The Hall–Kier alpha value is -3.06. The van der Waals surface area contributed by atoms with Gasteiger partial charge in [0.2, 0.25) is 5.95 Å². The van der Waals surface area contributed by atoms with E-state index in [2.05, 4.69) is 21.9 Å². The second kappa shape index (κ2) is 7.16. The Labute approximate surface area is 163 Å². The van der Waals surface area contributed by atoms with Crippen LogP contribution in [0.25, 0.3) is 28.4 Å². The molecule has 7 nitrogen and oxygen atoms in total. The van der Waals surface area contributed by atoms with Crippen LogP contribution in [0.4, 0.5) is 0 Å². The van der Waals surface area contributed by atoms with Crippen LogP contribution in [-0.2, 0) is 6.42 Å². The fourth-order valence-corrected chi connectivity index (χ4v) is 3.97. The predicted molar refractivity (Wildman–Crippen MR) is 108 cm³/mol. The summed E-state index contributed by atoms with van der Waals surface area (Å²) in [5.41, 5.74) is 2.84. The first kappa shape index (κ1) is 17.1. The summed E-state index contributed by atoms with van der Waals surface area (Å²) in [7, 11) is 2.21. The number of nitrogens with one attached hydrogen (secondary N) is 1. The van der Waals surface area contributed by atoms with Crippen molar-refractivity contribution in [1.82, 2.24) is 34.6 Å². The first-order valence-electron chi connectivity index (χ1n) is 9.79. The van der Waals surface area contributed by atoms with E-state index >= 15 is 0 Å². The molecular formula is C21H23N7. The molecule has 0 saturated carbocycles. The fraction of sp³-hybridized carbons (Fsp3) is 0.333. The van der Waals surface area contributed by atoms with Gasteiger partial charge in [-0.3, -0.25) is 4.98 Å². The zero-order valence-electron chi connectivity index (χ0n) is 15.9. The summed E-state index contributed by atoms with van der Waals surface area (Å²) in [6.07, 6.45) is 8.02. The summed E-state index contributed by atoms with van der Waals surface area (Å²) >= 11 is 0. The Bertz CT molecular complexity index is 1050. The van der Waals surface area contributed by atoms with Crippen LogP contribution in [0.15, 0.2) is 48.8 Å². The lowest BCUT2D eigenvalue weighted by Gasteiger charge is -2.18. The number of nitrogens with zero attached hydrogens (tertiary/aromatic N) is 6. The van der Waals surface area contributed by atoms with E-state index in [9.17, 15) is 0 Å². The van der Waals surface area contributed by atoms with Crippen LogP contribution in [0, 0.1) is 0 Å². The van der Waals surface area contributed by atoms with Crippen LogP contribution in [-0.4, -0.2) is 54.3 Å². The van der Waals surface area contributed by atoms with Crippen LogP contribution < -0.4 is 0 Å². The number of imidazole rings is 1. The largest absolute Gasteiger partial charge is 0.322 e. The number of likely N-dealkylation sites (tertiary alicyclic amines) is 1.